The largest absolute Gasteiger partial charge is 0.448 e. The van der Waals surface area contributed by atoms with Crippen LogP contribution >= 0.6 is 0 Å². The van der Waals surface area contributed by atoms with Gasteiger partial charge >= 0.3 is 0 Å². The van der Waals surface area contributed by atoms with Crippen molar-refractivity contribution in [3.63, 3.8) is 0 Å². The fourth-order valence-electron chi connectivity index (χ4n) is 0.877. The van der Waals surface area contributed by atoms with Crippen molar-refractivity contribution in [2.75, 3.05) is 7.05 Å². The van der Waals surface area contributed by atoms with Crippen molar-refractivity contribution in [3.8, 4) is 0 Å². The van der Waals surface area contributed by atoms with Crippen molar-refractivity contribution in [3.05, 3.63) is 17.8 Å². The van der Waals surface area contributed by atoms with Crippen molar-refractivity contribution in [2.24, 2.45) is 0 Å². The molecule has 0 aliphatic rings. The fourth-order valence-corrected chi connectivity index (χ4v) is 0.877. The van der Waals surface area contributed by atoms with E-state index in [9.17, 15) is 4.79 Å². The highest BCUT2D eigenvalue weighted by molar-refractivity contribution is 5.91. The van der Waals surface area contributed by atoms with Crippen molar-refractivity contribution >= 4 is 5.91 Å². The van der Waals surface area contributed by atoms with Crippen molar-refractivity contribution in [2.45, 2.75) is 26.8 Å². The predicted molar refractivity (Wildman–Crippen MR) is 48.5 cm³/mol. The Kier molecular flexibility index (Phi) is 2.70. The van der Waals surface area contributed by atoms with Crippen LogP contribution in [-0.2, 0) is 0 Å². The van der Waals surface area contributed by atoms with Gasteiger partial charge in [-0.25, -0.2) is 4.98 Å². The Morgan fingerprint density at radius 1 is 1.62 bits per heavy atom. The Bertz CT molecular complexity index is 304. The maximum Gasteiger partial charge on any atom is 0.275 e. The molecule has 0 bridgehead atoms. The molecule has 1 rings (SSSR count). The predicted octanol–water partition coefficient (Wildman–Crippen LogP) is 1.46. The number of amides is 1. The zero-order valence-electron chi connectivity index (χ0n) is 8.37. The van der Waals surface area contributed by atoms with Gasteiger partial charge in [0.25, 0.3) is 5.91 Å². The van der Waals surface area contributed by atoms with Crippen molar-refractivity contribution in [1.29, 1.82) is 0 Å². The standard InChI is InChI=1S/C9H14N2O2/c1-6(2)11(4)9(12)8-5-13-7(3)10-8/h5-6H,1-4H3. The molecule has 72 valence electrons. The van der Waals surface area contributed by atoms with Gasteiger partial charge in [-0.05, 0) is 13.8 Å². The van der Waals surface area contributed by atoms with E-state index in [1.807, 2.05) is 13.8 Å². The molecule has 0 N–H and O–H groups in total. The van der Waals surface area contributed by atoms with Crippen LogP contribution in [0.4, 0.5) is 0 Å². The first-order valence-electron chi connectivity index (χ1n) is 4.21. The van der Waals surface area contributed by atoms with Crippen LogP contribution in [0.3, 0.4) is 0 Å². The van der Waals surface area contributed by atoms with Gasteiger partial charge in [-0.1, -0.05) is 0 Å². The number of carbonyl (C=O) groups excluding carboxylic acids is 1. The molecular formula is C9H14N2O2. The molecule has 0 atom stereocenters. The van der Waals surface area contributed by atoms with E-state index in [1.54, 1.807) is 18.9 Å². The first kappa shape index (κ1) is 9.77. The van der Waals surface area contributed by atoms with Crippen molar-refractivity contribution in [1.82, 2.24) is 9.88 Å². The summed E-state index contributed by atoms with van der Waals surface area (Å²) in [6.45, 7) is 5.61. The maximum absolute atomic E-state index is 11.6. The lowest BCUT2D eigenvalue weighted by molar-refractivity contribution is 0.0749. The molecular weight excluding hydrogens is 168 g/mol. The molecule has 4 heteroatoms. The highest BCUT2D eigenvalue weighted by atomic mass is 16.3. The Morgan fingerprint density at radius 3 is 2.62 bits per heavy atom. The van der Waals surface area contributed by atoms with Gasteiger partial charge in [-0.3, -0.25) is 4.79 Å². The molecule has 13 heavy (non-hydrogen) atoms. The van der Waals surface area contributed by atoms with Crippen LogP contribution in [-0.4, -0.2) is 28.9 Å². The molecule has 0 unspecified atom stereocenters. The summed E-state index contributed by atoms with van der Waals surface area (Å²) in [5.41, 5.74) is 0.369. The SMILES string of the molecule is Cc1nc(C(=O)N(C)C(C)C)co1. The van der Waals surface area contributed by atoms with Crippen LogP contribution in [0.25, 0.3) is 0 Å². The van der Waals surface area contributed by atoms with E-state index in [0.29, 0.717) is 11.6 Å². The monoisotopic (exact) mass is 182 g/mol. The molecule has 1 heterocycles. The Hall–Kier alpha value is -1.32. The highest BCUT2D eigenvalue weighted by Gasteiger charge is 2.17. The van der Waals surface area contributed by atoms with Gasteiger partial charge in [0.1, 0.15) is 6.26 Å². The number of rotatable bonds is 2. The van der Waals surface area contributed by atoms with Crippen LogP contribution in [0.2, 0.25) is 0 Å². The van der Waals surface area contributed by atoms with Crippen LogP contribution < -0.4 is 0 Å². The number of carbonyl (C=O) groups is 1. The van der Waals surface area contributed by atoms with E-state index in [4.69, 9.17) is 4.42 Å². The molecule has 1 amide bonds. The molecule has 0 fully saturated rings. The summed E-state index contributed by atoms with van der Waals surface area (Å²) in [5.74, 6) is 0.410. The molecule has 4 nitrogen and oxygen atoms in total. The fraction of sp³-hybridized carbons (Fsp3) is 0.556. The van der Waals surface area contributed by atoms with Gasteiger partial charge in [-0.2, -0.15) is 0 Å². The van der Waals surface area contributed by atoms with Gasteiger partial charge in [0.2, 0.25) is 0 Å². The smallest absolute Gasteiger partial charge is 0.275 e. The van der Waals surface area contributed by atoms with E-state index >= 15 is 0 Å². The van der Waals surface area contributed by atoms with Crippen LogP contribution in [0.1, 0.15) is 30.2 Å². The van der Waals surface area contributed by atoms with Crippen molar-refractivity contribution < 1.29 is 9.21 Å². The van der Waals surface area contributed by atoms with Crippen LogP contribution in [0.5, 0.6) is 0 Å². The zero-order chi connectivity index (χ0) is 10.0. The average Bonchev–Trinajstić information content (AvgIpc) is 2.49. The van der Waals surface area contributed by atoms with Gasteiger partial charge in [0.15, 0.2) is 11.6 Å². The number of oxazole rings is 1. The molecule has 1 aromatic heterocycles. The minimum Gasteiger partial charge on any atom is -0.448 e. The number of hydrogen-bond acceptors (Lipinski definition) is 3. The van der Waals surface area contributed by atoms with Gasteiger partial charge in [0, 0.05) is 20.0 Å². The number of nitrogens with zero attached hydrogens (tertiary/aromatic N) is 2. The average molecular weight is 182 g/mol. The molecule has 1 aromatic rings. The van der Waals surface area contributed by atoms with E-state index in [1.165, 1.54) is 6.26 Å². The highest BCUT2D eigenvalue weighted by Crippen LogP contribution is 2.05. The molecule has 0 saturated heterocycles. The van der Waals surface area contributed by atoms with Gasteiger partial charge < -0.3 is 9.32 Å². The third-order valence-electron chi connectivity index (χ3n) is 1.93. The summed E-state index contributed by atoms with van der Waals surface area (Å²) >= 11 is 0. The van der Waals surface area contributed by atoms with Crippen LogP contribution in [0, 0.1) is 6.92 Å². The van der Waals surface area contributed by atoms with E-state index in [2.05, 4.69) is 4.98 Å². The van der Waals surface area contributed by atoms with E-state index < -0.39 is 0 Å². The molecule has 0 radical (unpaired) electrons. The third kappa shape index (κ3) is 2.08. The first-order valence-corrected chi connectivity index (χ1v) is 4.21. The summed E-state index contributed by atoms with van der Waals surface area (Å²) in [5, 5.41) is 0. The maximum atomic E-state index is 11.6. The lowest BCUT2D eigenvalue weighted by Gasteiger charge is -2.19. The summed E-state index contributed by atoms with van der Waals surface area (Å²) in [6.07, 6.45) is 1.39. The number of aromatic nitrogens is 1. The Balaban J connectivity index is 2.79. The lowest BCUT2D eigenvalue weighted by Crippen LogP contribution is -2.33. The summed E-state index contributed by atoms with van der Waals surface area (Å²) in [6, 6.07) is 0.171. The van der Waals surface area contributed by atoms with E-state index in [0.717, 1.165) is 0 Å². The summed E-state index contributed by atoms with van der Waals surface area (Å²) in [7, 11) is 1.75. The lowest BCUT2D eigenvalue weighted by atomic mass is 10.3. The van der Waals surface area contributed by atoms with Crippen LogP contribution in [0.15, 0.2) is 10.7 Å². The molecule has 0 aliphatic carbocycles. The quantitative estimate of drug-likeness (QED) is 0.695. The minimum absolute atomic E-state index is 0.105. The Morgan fingerprint density at radius 2 is 2.23 bits per heavy atom. The molecule has 0 aromatic carbocycles. The summed E-state index contributed by atoms with van der Waals surface area (Å²) in [4.78, 5) is 17.2. The number of aryl methyl sites for hydroxylation is 1. The Labute approximate surface area is 77.6 Å². The third-order valence-corrected chi connectivity index (χ3v) is 1.93. The van der Waals surface area contributed by atoms with Gasteiger partial charge in [0.05, 0.1) is 0 Å². The van der Waals surface area contributed by atoms with E-state index in [-0.39, 0.29) is 11.9 Å². The second-order valence-electron chi connectivity index (χ2n) is 3.26. The molecule has 0 aliphatic heterocycles. The topological polar surface area (TPSA) is 46.3 Å². The normalized spacial score (nSPS) is 10.5. The molecule has 0 spiro atoms. The first-order chi connectivity index (χ1) is 6.02. The second kappa shape index (κ2) is 3.60. The summed E-state index contributed by atoms with van der Waals surface area (Å²) < 4.78 is 4.96. The second-order valence-corrected chi connectivity index (χ2v) is 3.26. The minimum atomic E-state index is -0.105. The number of hydrogen-bond donors (Lipinski definition) is 0. The van der Waals surface area contributed by atoms with Gasteiger partial charge in [-0.15, -0.1) is 0 Å². The molecule has 0 saturated carbocycles. The zero-order valence-corrected chi connectivity index (χ0v) is 8.37.